The Morgan fingerprint density at radius 2 is 0.841 bits per heavy atom. The molecule has 10 heteroatoms. The summed E-state index contributed by atoms with van der Waals surface area (Å²) in [6, 6.07) is 32.9. The van der Waals surface area contributed by atoms with Crippen LogP contribution in [0.15, 0.2) is 121 Å². The van der Waals surface area contributed by atoms with Gasteiger partial charge in [0.25, 0.3) is 0 Å². The fraction of sp³-hybridized carbons (Fsp3) is 0.176. The van der Waals surface area contributed by atoms with Gasteiger partial charge in [0.2, 0.25) is 0 Å². The molecule has 1 saturated heterocycles. The van der Waals surface area contributed by atoms with Gasteiger partial charge in [-0.3, -0.25) is 0 Å². The van der Waals surface area contributed by atoms with Crippen LogP contribution in [0, 0.1) is 0 Å². The largest absolute Gasteiger partial charge is 0.459 e. The zero-order chi connectivity index (χ0) is 30.9. The maximum Gasteiger partial charge on any atom is 0.338 e. The first-order valence-electron chi connectivity index (χ1n) is 13.7. The lowest BCUT2D eigenvalue weighted by Crippen LogP contribution is -2.61. The second-order valence-corrected chi connectivity index (χ2v) is 10.6. The minimum Gasteiger partial charge on any atom is -0.459 e. The van der Waals surface area contributed by atoms with Gasteiger partial charge in [-0.1, -0.05) is 88.7 Å². The lowest BCUT2D eigenvalue weighted by molar-refractivity contribution is -0.205. The highest BCUT2D eigenvalue weighted by Gasteiger charge is 2.52. The van der Waals surface area contributed by atoms with Crippen molar-refractivity contribution >= 4 is 39.8 Å². The van der Waals surface area contributed by atoms with Crippen molar-refractivity contribution in [3.8, 4) is 0 Å². The summed E-state index contributed by atoms with van der Waals surface area (Å²) in [6.07, 6.45) is -5.13. The van der Waals surface area contributed by atoms with E-state index in [0.29, 0.717) is 5.56 Å². The van der Waals surface area contributed by atoms with Gasteiger partial charge in [0.1, 0.15) is 12.7 Å². The molecule has 0 spiro atoms. The molecular formula is C34H27BrO9. The van der Waals surface area contributed by atoms with E-state index in [4.69, 9.17) is 23.7 Å². The maximum absolute atomic E-state index is 13.3. The molecule has 1 heterocycles. The van der Waals surface area contributed by atoms with E-state index < -0.39 is 53.3 Å². The van der Waals surface area contributed by atoms with Crippen molar-refractivity contribution in [2.24, 2.45) is 0 Å². The highest BCUT2D eigenvalue weighted by molar-refractivity contribution is 9.09. The monoisotopic (exact) mass is 658 g/mol. The molecule has 0 N–H and O–H groups in total. The van der Waals surface area contributed by atoms with Gasteiger partial charge in [-0.2, -0.15) is 0 Å². The van der Waals surface area contributed by atoms with E-state index in [1.807, 2.05) is 0 Å². The van der Waals surface area contributed by atoms with Crippen molar-refractivity contribution in [3.05, 3.63) is 144 Å². The van der Waals surface area contributed by atoms with Crippen molar-refractivity contribution in [2.45, 2.75) is 29.4 Å². The normalized spacial score (nSPS) is 21.0. The van der Waals surface area contributed by atoms with Gasteiger partial charge in [-0.25, -0.2) is 19.2 Å². The Hall–Kier alpha value is -4.80. The molecule has 1 fully saturated rings. The van der Waals surface area contributed by atoms with Crippen molar-refractivity contribution in [3.63, 3.8) is 0 Å². The Morgan fingerprint density at radius 3 is 1.25 bits per heavy atom. The standard InChI is InChI=1S/C34H27BrO9/c35-30-29(44-34(39)25-19-11-4-12-20-25)28(43-33(38)24-17-9-3-10-18-24)27(42-32(37)23-15-7-2-8-16-23)26(41-30)21-40-31(36)22-13-5-1-6-14-22/h1-20,26-30H,21H2/t26-,27-,28+,29-,30+/m1/s1. The molecule has 4 aromatic rings. The molecule has 4 aromatic carbocycles. The molecule has 0 bridgehead atoms. The quantitative estimate of drug-likeness (QED) is 0.128. The number of hydrogen-bond donors (Lipinski definition) is 0. The Kier molecular flexibility index (Phi) is 10.2. The van der Waals surface area contributed by atoms with Gasteiger partial charge < -0.3 is 23.7 Å². The molecule has 1 aliphatic heterocycles. The van der Waals surface area contributed by atoms with E-state index in [2.05, 4.69) is 15.9 Å². The minimum absolute atomic E-state index is 0.221. The van der Waals surface area contributed by atoms with Gasteiger partial charge in [-0.15, -0.1) is 0 Å². The van der Waals surface area contributed by atoms with Crippen LogP contribution in [0.5, 0.6) is 0 Å². The lowest BCUT2D eigenvalue weighted by Gasteiger charge is -2.43. The third-order valence-electron chi connectivity index (χ3n) is 6.72. The van der Waals surface area contributed by atoms with Gasteiger partial charge >= 0.3 is 23.9 Å². The summed E-state index contributed by atoms with van der Waals surface area (Å²) in [6.45, 7) is -0.374. The zero-order valence-corrected chi connectivity index (χ0v) is 24.8. The number of alkyl halides is 1. The molecule has 0 unspecified atom stereocenters. The molecule has 9 nitrogen and oxygen atoms in total. The van der Waals surface area contributed by atoms with E-state index in [-0.39, 0.29) is 23.3 Å². The molecule has 0 radical (unpaired) electrons. The van der Waals surface area contributed by atoms with E-state index in [9.17, 15) is 19.2 Å². The predicted octanol–water partition coefficient (Wildman–Crippen LogP) is 5.64. The zero-order valence-electron chi connectivity index (χ0n) is 23.2. The first kappa shape index (κ1) is 30.7. The van der Waals surface area contributed by atoms with E-state index in [0.717, 1.165) is 0 Å². The van der Waals surface area contributed by atoms with Crippen LogP contribution in [0.25, 0.3) is 0 Å². The summed E-state index contributed by atoms with van der Waals surface area (Å²) >= 11 is 3.40. The predicted molar refractivity (Wildman–Crippen MR) is 161 cm³/mol. The molecule has 5 atom stereocenters. The first-order valence-corrected chi connectivity index (χ1v) is 14.6. The van der Waals surface area contributed by atoms with E-state index >= 15 is 0 Å². The molecule has 0 saturated carbocycles. The van der Waals surface area contributed by atoms with Crippen LogP contribution in [-0.4, -0.2) is 59.9 Å². The van der Waals surface area contributed by atoms with E-state index in [1.54, 1.807) is 121 Å². The Morgan fingerprint density at radius 1 is 0.500 bits per heavy atom. The smallest absolute Gasteiger partial charge is 0.338 e. The first-order chi connectivity index (χ1) is 21.4. The van der Waals surface area contributed by atoms with Crippen LogP contribution < -0.4 is 0 Å². The average Bonchev–Trinajstić information content (AvgIpc) is 3.07. The molecule has 0 amide bonds. The van der Waals surface area contributed by atoms with Crippen LogP contribution >= 0.6 is 15.9 Å². The van der Waals surface area contributed by atoms with Crippen LogP contribution in [-0.2, 0) is 23.7 Å². The van der Waals surface area contributed by atoms with Gasteiger partial charge in [0.05, 0.1) is 22.3 Å². The Bertz CT molecular complexity index is 1570. The fourth-order valence-corrected chi connectivity index (χ4v) is 5.20. The third kappa shape index (κ3) is 7.58. The Labute approximate surface area is 261 Å². The highest BCUT2D eigenvalue weighted by Crippen LogP contribution is 2.33. The summed E-state index contributed by atoms with van der Waals surface area (Å²) in [7, 11) is 0. The summed E-state index contributed by atoms with van der Waals surface area (Å²) < 4.78 is 29.3. The number of carbonyl (C=O) groups excluding carboxylic acids is 4. The van der Waals surface area contributed by atoms with Crippen molar-refractivity contribution in [1.29, 1.82) is 0 Å². The summed E-state index contributed by atoms with van der Waals surface area (Å²) in [4.78, 5) is 52.6. The van der Waals surface area contributed by atoms with Crippen LogP contribution in [0.3, 0.4) is 0 Å². The van der Waals surface area contributed by atoms with Crippen molar-refractivity contribution in [2.75, 3.05) is 6.61 Å². The topological polar surface area (TPSA) is 114 Å². The van der Waals surface area contributed by atoms with Gasteiger partial charge in [-0.05, 0) is 48.5 Å². The minimum atomic E-state index is -1.37. The van der Waals surface area contributed by atoms with Crippen LogP contribution in [0.1, 0.15) is 41.4 Å². The maximum atomic E-state index is 13.3. The molecule has 224 valence electrons. The summed E-state index contributed by atoms with van der Waals surface area (Å²) in [5.74, 6) is -2.85. The number of hydrogen-bond acceptors (Lipinski definition) is 9. The molecule has 1 aliphatic rings. The van der Waals surface area contributed by atoms with Crippen LogP contribution in [0.2, 0.25) is 0 Å². The molecule has 5 rings (SSSR count). The van der Waals surface area contributed by atoms with Gasteiger partial charge in [0.15, 0.2) is 23.3 Å². The van der Waals surface area contributed by atoms with E-state index in [1.165, 1.54) is 0 Å². The fourth-order valence-electron chi connectivity index (χ4n) is 4.51. The summed E-state index contributed by atoms with van der Waals surface area (Å²) in [5, 5.41) is -1.05. The third-order valence-corrected chi connectivity index (χ3v) is 7.46. The average molecular weight is 659 g/mol. The van der Waals surface area contributed by atoms with Crippen molar-refractivity contribution in [1.82, 2.24) is 0 Å². The number of halogens is 1. The molecule has 44 heavy (non-hydrogen) atoms. The lowest BCUT2D eigenvalue weighted by atomic mass is 9.99. The second-order valence-electron chi connectivity index (χ2n) is 9.70. The highest BCUT2D eigenvalue weighted by atomic mass is 79.9. The second kappa shape index (κ2) is 14.6. The van der Waals surface area contributed by atoms with Crippen molar-refractivity contribution < 1.29 is 42.9 Å². The number of benzene rings is 4. The Balaban J connectivity index is 1.48. The van der Waals surface area contributed by atoms with Crippen LogP contribution in [0.4, 0.5) is 0 Å². The van der Waals surface area contributed by atoms with Gasteiger partial charge in [0, 0.05) is 0 Å². The molecular weight excluding hydrogens is 632 g/mol. The number of esters is 4. The molecule has 0 aliphatic carbocycles. The number of ether oxygens (including phenoxy) is 5. The summed E-state index contributed by atoms with van der Waals surface area (Å²) in [5.41, 5.74) is 0.994. The number of carbonyl (C=O) groups is 4. The SMILES string of the molecule is O=C(OC[C@H]1O[C@H](Br)[C@H](OC(=O)c2ccccc2)[C@@H](OC(=O)c2ccccc2)[C@@H]1OC(=O)c1ccccc1)c1ccccc1. The number of rotatable bonds is 9. The molecule has 0 aromatic heterocycles.